The molecule has 0 aromatic rings. The summed E-state index contributed by atoms with van der Waals surface area (Å²) in [6.07, 6.45) is 12.0. The molecular weight excluding hydrogens is 260 g/mol. The Morgan fingerprint density at radius 3 is 2.38 bits per heavy atom. The lowest BCUT2D eigenvalue weighted by molar-refractivity contribution is -0.0233. The van der Waals surface area contributed by atoms with Gasteiger partial charge in [-0.3, -0.25) is 4.90 Å². The topological polar surface area (TPSA) is 24.5 Å². The average Bonchev–Trinajstić information content (AvgIpc) is 2.54. The van der Waals surface area contributed by atoms with Crippen LogP contribution in [0, 0.1) is 0 Å². The van der Waals surface area contributed by atoms with Crippen molar-refractivity contribution in [1.82, 2.24) is 10.2 Å². The predicted molar refractivity (Wildman–Crippen MR) is 89.8 cm³/mol. The van der Waals surface area contributed by atoms with Crippen molar-refractivity contribution < 1.29 is 4.74 Å². The highest BCUT2D eigenvalue weighted by molar-refractivity contribution is 5.05. The summed E-state index contributed by atoms with van der Waals surface area (Å²) in [5.41, 5.74) is 0.809. The van der Waals surface area contributed by atoms with Crippen LogP contribution in [0.1, 0.15) is 71.6 Å². The second-order valence-corrected chi connectivity index (χ2v) is 7.25. The minimum absolute atomic E-state index is 0.351. The molecule has 124 valence electrons. The van der Waals surface area contributed by atoms with Crippen molar-refractivity contribution >= 4 is 0 Å². The van der Waals surface area contributed by atoms with Gasteiger partial charge in [-0.25, -0.2) is 0 Å². The maximum atomic E-state index is 5.22. The Labute approximate surface area is 131 Å². The maximum Gasteiger partial charge on any atom is 0.0462 e. The van der Waals surface area contributed by atoms with Gasteiger partial charge >= 0.3 is 0 Å². The molecule has 0 amide bonds. The fourth-order valence-electron chi connectivity index (χ4n) is 4.34. The molecule has 3 nitrogen and oxygen atoms in total. The maximum absolute atomic E-state index is 5.22. The Morgan fingerprint density at radius 2 is 1.76 bits per heavy atom. The molecule has 1 saturated carbocycles. The van der Waals surface area contributed by atoms with E-state index in [-0.39, 0.29) is 0 Å². The second-order valence-electron chi connectivity index (χ2n) is 7.25. The molecule has 0 aromatic carbocycles. The van der Waals surface area contributed by atoms with Gasteiger partial charge in [-0.2, -0.15) is 0 Å². The fourth-order valence-corrected chi connectivity index (χ4v) is 4.34. The number of piperazine rings is 1. The standard InChI is InChI=1S/C18H36N2O/c1-4-17(5-2)16-20(13-9-10-14-21-3)18(15-19-17)11-7-6-8-12-18/h19H,4-16H2,1-3H3. The van der Waals surface area contributed by atoms with Gasteiger partial charge in [0.2, 0.25) is 0 Å². The van der Waals surface area contributed by atoms with E-state index < -0.39 is 0 Å². The predicted octanol–water partition coefficient (Wildman–Crippen LogP) is 3.58. The van der Waals surface area contributed by atoms with Crippen LogP contribution in [0.2, 0.25) is 0 Å². The molecule has 1 aliphatic heterocycles. The van der Waals surface area contributed by atoms with Crippen molar-refractivity contribution in [3.63, 3.8) is 0 Å². The van der Waals surface area contributed by atoms with E-state index in [9.17, 15) is 0 Å². The normalized spacial score (nSPS) is 25.3. The zero-order chi connectivity index (χ0) is 15.2. The van der Waals surface area contributed by atoms with E-state index >= 15 is 0 Å². The SMILES string of the molecule is CCC1(CC)CN(CCCCOC)C2(CCCCC2)CN1. The van der Waals surface area contributed by atoms with E-state index in [1.165, 1.54) is 77.4 Å². The first-order chi connectivity index (χ1) is 10.2. The van der Waals surface area contributed by atoms with E-state index in [0.717, 1.165) is 6.61 Å². The quantitative estimate of drug-likeness (QED) is 0.727. The highest BCUT2D eigenvalue weighted by Gasteiger charge is 2.45. The highest BCUT2D eigenvalue weighted by atomic mass is 16.5. The average molecular weight is 296 g/mol. The molecule has 0 unspecified atom stereocenters. The third-order valence-corrected chi connectivity index (χ3v) is 6.12. The summed E-state index contributed by atoms with van der Waals surface area (Å²) in [5.74, 6) is 0. The van der Waals surface area contributed by atoms with Gasteiger partial charge in [0.25, 0.3) is 0 Å². The summed E-state index contributed by atoms with van der Waals surface area (Å²) in [4.78, 5) is 2.87. The summed E-state index contributed by atoms with van der Waals surface area (Å²) >= 11 is 0. The molecule has 3 heteroatoms. The van der Waals surface area contributed by atoms with Gasteiger partial charge in [0.15, 0.2) is 0 Å². The van der Waals surface area contributed by atoms with Crippen LogP contribution < -0.4 is 5.32 Å². The van der Waals surface area contributed by atoms with Crippen molar-refractivity contribution in [2.75, 3.05) is 33.4 Å². The number of ether oxygens (including phenoxy) is 1. The van der Waals surface area contributed by atoms with Gasteiger partial charge in [0, 0.05) is 37.9 Å². The number of unbranched alkanes of at least 4 members (excludes halogenated alkanes) is 1. The van der Waals surface area contributed by atoms with Gasteiger partial charge in [0.1, 0.15) is 0 Å². The Balaban J connectivity index is 2.02. The monoisotopic (exact) mass is 296 g/mol. The summed E-state index contributed by atoms with van der Waals surface area (Å²) < 4.78 is 5.22. The van der Waals surface area contributed by atoms with Crippen LogP contribution in [0.4, 0.5) is 0 Å². The lowest BCUT2D eigenvalue weighted by Gasteiger charge is -2.56. The summed E-state index contributed by atoms with van der Waals surface area (Å²) in [6.45, 7) is 9.31. The zero-order valence-corrected chi connectivity index (χ0v) is 14.5. The van der Waals surface area contributed by atoms with Gasteiger partial charge in [-0.15, -0.1) is 0 Å². The number of nitrogens with zero attached hydrogens (tertiary/aromatic N) is 1. The fraction of sp³-hybridized carbons (Fsp3) is 1.00. The van der Waals surface area contributed by atoms with Crippen molar-refractivity contribution in [3.8, 4) is 0 Å². The molecule has 0 atom stereocenters. The van der Waals surface area contributed by atoms with Crippen LogP contribution in [0.5, 0.6) is 0 Å². The van der Waals surface area contributed by atoms with E-state index in [1.807, 2.05) is 7.11 Å². The number of hydrogen-bond donors (Lipinski definition) is 1. The summed E-state index contributed by atoms with van der Waals surface area (Å²) in [6, 6.07) is 0. The minimum Gasteiger partial charge on any atom is -0.385 e. The number of rotatable bonds is 7. The molecule has 0 aromatic heterocycles. The molecule has 1 N–H and O–H groups in total. The van der Waals surface area contributed by atoms with E-state index in [4.69, 9.17) is 4.74 Å². The first kappa shape index (κ1) is 17.2. The zero-order valence-electron chi connectivity index (χ0n) is 14.5. The Kier molecular flexibility index (Phi) is 6.51. The number of nitrogens with one attached hydrogen (secondary N) is 1. The minimum atomic E-state index is 0.351. The van der Waals surface area contributed by atoms with E-state index in [2.05, 4.69) is 24.1 Å². The molecule has 2 fully saturated rings. The van der Waals surface area contributed by atoms with Crippen LogP contribution in [0.25, 0.3) is 0 Å². The lowest BCUT2D eigenvalue weighted by atomic mass is 9.75. The van der Waals surface area contributed by atoms with Crippen LogP contribution in [-0.2, 0) is 4.74 Å². The molecular formula is C18H36N2O. The van der Waals surface area contributed by atoms with Crippen LogP contribution in [-0.4, -0.2) is 49.3 Å². The van der Waals surface area contributed by atoms with E-state index in [0.29, 0.717) is 11.1 Å². The first-order valence-electron chi connectivity index (χ1n) is 9.19. The van der Waals surface area contributed by atoms with Crippen molar-refractivity contribution in [2.24, 2.45) is 0 Å². The number of hydrogen-bond acceptors (Lipinski definition) is 3. The summed E-state index contributed by atoms with van der Waals surface area (Å²) in [7, 11) is 1.81. The van der Waals surface area contributed by atoms with Crippen molar-refractivity contribution in [2.45, 2.75) is 82.7 Å². The number of methoxy groups -OCH3 is 1. The molecule has 21 heavy (non-hydrogen) atoms. The van der Waals surface area contributed by atoms with Crippen molar-refractivity contribution in [3.05, 3.63) is 0 Å². The summed E-state index contributed by atoms with van der Waals surface area (Å²) in [5, 5.41) is 3.96. The van der Waals surface area contributed by atoms with Crippen molar-refractivity contribution in [1.29, 1.82) is 0 Å². The molecule has 0 radical (unpaired) electrons. The third kappa shape index (κ3) is 4.00. The lowest BCUT2D eigenvalue weighted by Crippen LogP contribution is -2.70. The molecule has 2 aliphatic rings. The molecule has 1 saturated heterocycles. The molecule has 0 bridgehead atoms. The van der Waals surface area contributed by atoms with E-state index in [1.54, 1.807) is 0 Å². The molecule has 1 heterocycles. The molecule has 2 rings (SSSR count). The Hall–Kier alpha value is -0.120. The smallest absolute Gasteiger partial charge is 0.0462 e. The van der Waals surface area contributed by atoms with Gasteiger partial charge in [0.05, 0.1) is 0 Å². The first-order valence-corrected chi connectivity index (χ1v) is 9.19. The highest BCUT2D eigenvalue weighted by Crippen LogP contribution is 2.38. The Bertz CT molecular complexity index is 296. The largest absolute Gasteiger partial charge is 0.385 e. The van der Waals surface area contributed by atoms with Crippen LogP contribution in [0.15, 0.2) is 0 Å². The molecule has 1 spiro atoms. The third-order valence-electron chi connectivity index (χ3n) is 6.12. The van der Waals surface area contributed by atoms with Crippen LogP contribution >= 0.6 is 0 Å². The second kappa shape index (κ2) is 7.94. The van der Waals surface area contributed by atoms with Gasteiger partial charge in [-0.1, -0.05) is 33.1 Å². The molecule has 1 aliphatic carbocycles. The van der Waals surface area contributed by atoms with Gasteiger partial charge < -0.3 is 10.1 Å². The van der Waals surface area contributed by atoms with Crippen LogP contribution in [0.3, 0.4) is 0 Å². The van der Waals surface area contributed by atoms with Gasteiger partial charge in [-0.05, 0) is 45.1 Å². The Morgan fingerprint density at radius 1 is 1.05 bits per heavy atom.